The van der Waals surface area contributed by atoms with E-state index in [-0.39, 0.29) is 24.4 Å². The Hall–Kier alpha value is -3.80. The molecule has 3 aromatic carbocycles. The molecule has 174 valence electrons. The summed E-state index contributed by atoms with van der Waals surface area (Å²) in [5.41, 5.74) is 2.43. The maximum absolute atomic E-state index is 14.5. The number of benzene rings is 3. The van der Waals surface area contributed by atoms with Crippen molar-refractivity contribution in [3.63, 3.8) is 0 Å². The van der Waals surface area contributed by atoms with E-state index in [4.69, 9.17) is 0 Å². The van der Waals surface area contributed by atoms with Gasteiger partial charge in [0.05, 0.1) is 17.7 Å². The SMILES string of the molecule is CC(C)c1ccc(N2C(=O)CC(N(CCc3ccccc3)C(=O)c3ccccc3F)C2=O)cc1. The molecule has 0 bridgehead atoms. The Morgan fingerprint density at radius 1 is 0.971 bits per heavy atom. The van der Waals surface area contributed by atoms with Gasteiger partial charge in [0.2, 0.25) is 5.91 Å². The van der Waals surface area contributed by atoms with Gasteiger partial charge in [-0.05, 0) is 47.7 Å². The molecule has 3 aromatic rings. The van der Waals surface area contributed by atoms with Gasteiger partial charge in [-0.1, -0.05) is 68.4 Å². The molecule has 1 unspecified atom stereocenters. The second-order valence-corrected chi connectivity index (χ2v) is 8.75. The average molecular weight is 459 g/mol. The molecule has 1 aliphatic rings. The van der Waals surface area contributed by atoms with Gasteiger partial charge in [-0.3, -0.25) is 14.4 Å². The van der Waals surface area contributed by atoms with Gasteiger partial charge in [-0.25, -0.2) is 9.29 Å². The van der Waals surface area contributed by atoms with Crippen molar-refractivity contribution in [1.29, 1.82) is 0 Å². The highest BCUT2D eigenvalue weighted by atomic mass is 19.1. The lowest BCUT2D eigenvalue weighted by Gasteiger charge is -2.28. The molecule has 0 saturated carbocycles. The van der Waals surface area contributed by atoms with E-state index in [1.165, 1.54) is 23.1 Å². The van der Waals surface area contributed by atoms with Gasteiger partial charge in [0.1, 0.15) is 11.9 Å². The monoisotopic (exact) mass is 458 g/mol. The summed E-state index contributed by atoms with van der Waals surface area (Å²) in [4.78, 5) is 42.2. The first-order valence-electron chi connectivity index (χ1n) is 11.4. The summed E-state index contributed by atoms with van der Waals surface area (Å²) < 4.78 is 14.5. The maximum Gasteiger partial charge on any atom is 0.257 e. The van der Waals surface area contributed by atoms with E-state index < -0.39 is 23.7 Å². The molecule has 0 aromatic heterocycles. The highest BCUT2D eigenvalue weighted by Gasteiger charge is 2.44. The zero-order valence-corrected chi connectivity index (χ0v) is 19.3. The largest absolute Gasteiger partial charge is 0.326 e. The summed E-state index contributed by atoms with van der Waals surface area (Å²) >= 11 is 0. The summed E-state index contributed by atoms with van der Waals surface area (Å²) in [6, 6.07) is 21.5. The van der Waals surface area contributed by atoms with Crippen LogP contribution in [-0.2, 0) is 16.0 Å². The Balaban J connectivity index is 1.63. The number of carbonyl (C=O) groups excluding carboxylic acids is 3. The smallest absolute Gasteiger partial charge is 0.257 e. The summed E-state index contributed by atoms with van der Waals surface area (Å²) in [5, 5.41) is 0. The van der Waals surface area contributed by atoms with E-state index in [2.05, 4.69) is 13.8 Å². The average Bonchev–Trinajstić information content (AvgIpc) is 3.13. The van der Waals surface area contributed by atoms with Crippen LogP contribution in [0.5, 0.6) is 0 Å². The molecule has 1 aliphatic heterocycles. The van der Waals surface area contributed by atoms with E-state index in [1.807, 2.05) is 42.5 Å². The topological polar surface area (TPSA) is 57.7 Å². The van der Waals surface area contributed by atoms with E-state index >= 15 is 0 Å². The molecule has 1 saturated heterocycles. The molecule has 6 heteroatoms. The summed E-state index contributed by atoms with van der Waals surface area (Å²) in [6.07, 6.45) is 0.335. The van der Waals surface area contributed by atoms with Gasteiger partial charge < -0.3 is 4.90 Å². The van der Waals surface area contributed by atoms with Gasteiger partial charge in [-0.2, -0.15) is 0 Å². The third-order valence-electron chi connectivity index (χ3n) is 6.17. The van der Waals surface area contributed by atoms with Crippen LogP contribution < -0.4 is 4.90 Å². The molecule has 0 N–H and O–H groups in total. The van der Waals surface area contributed by atoms with Crippen LogP contribution in [0.15, 0.2) is 78.9 Å². The Morgan fingerprint density at radius 2 is 1.62 bits per heavy atom. The molecule has 0 aliphatic carbocycles. The van der Waals surface area contributed by atoms with Crippen LogP contribution in [0.1, 0.15) is 47.7 Å². The molecule has 5 nitrogen and oxygen atoms in total. The number of hydrogen-bond acceptors (Lipinski definition) is 3. The summed E-state index contributed by atoms with van der Waals surface area (Å²) in [5.74, 6) is -1.79. The van der Waals surface area contributed by atoms with E-state index in [9.17, 15) is 18.8 Å². The molecule has 0 spiro atoms. The van der Waals surface area contributed by atoms with E-state index in [0.717, 1.165) is 16.0 Å². The summed E-state index contributed by atoms with van der Waals surface area (Å²) in [6.45, 7) is 4.31. The highest BCUT2D eigenvalue weighted by Crippen LogP contribution is 2.28. The van der Waals surface area contributed by atoms with Crippen molar-refractivity contribution in [2.75, 3.05) is 11.4 Å². The van der Waals surface area contributed by atoms with Gasteiger partial charge in [0.25, 0.3) is 11.8 Å². The van der Waals surface area contributed by atoms with Crippen molar-refractivity contribution in [2.24, 2.45) is 0 Å². The van der Waals surface area contributed by atoms with Crippen molar-refractivity contribution in [2.45, 2.75) is 38.6 Å². The Kier molecular flexibility index (Phi) is 6.87. The second-order valence-electron chi connectivity index (χ2n) is 8.75. The third-order valence-corrected chi connectivity index (χ3v) is 6.17. The van der Waals surface area contributed by atoms with Crippen molar-refractivity contribution in [1.82, 2.24) is 4.90 Å². The predicted octanol–water partition coefficient (Wildman–Crippen LogP) is 4.97. The van der Waals surface area contributed by atoms with Gasteiger partial charge in [-0.15, -0.1) is 0 Å². The Labute approximate surface area is 198 Å². The Bertz CT molecular complexity index is 1190. The fraction of sp³-hybridized carbons (Fsp3) is 0.250. The number of carbonyl (C=O) groups is 3. The molecule has 1 atom stereocenters. The lowest BCUT2D eigenvalue weighted by molar-refractivity contribution is -0.122. The number of amides is 3. The molecule has 3 amide bonds. The molecule has 4 rings (SSSR count). The lowest BCUT2D eigenvalue weighted by Crippen LogP contribution is -2.46. The minimum atomic E-state index is -0.993. The van der Waals surface area contributed by atoms with Crippen molar-refractivity contribution < 1.29 is 18.8 Å². The van der Waals surface area contributed by atoms with Crippen LogP contribution in [0, 0.1) is 5.82 Å². The number of imide groups is 1. The maximum atomic E-state index is 14.5. The van der Waals surface area contributed by atoms with Crippen molar-refractivity contribution in [3.05, 3.63) is 101 Å². The first kappa shape index (κ1) is 23.4. The number of nitrogens with zero attached hydrogens (tertiary/aromatic N) is 2. The fourth-order valence-corrected chi connectivity index (χ4v) is 4.22. The number of rotatable bonds is 7. The summed E-state index contributed by atoms with van der Waals surface area (Å²) in [7, 11) is 0. The molecular weight excluding hydrogens is 431 g/mol. The zero-order chi connectivity index (χ0) is 24.2. The van der Waals surface area contributed by atoms with Crippen LogP contribution in [0.3, 0.4) is 0 Å². The quantitative estimate of drug-likeness (QED) is 0.470. The molecule has 34 heavy (non-hydrogen) atoms. The van der Waals surface area contributed by atoms with Crippen molar-refractivity contribution in [3.8, 4) is 0 Å². The lowest BCUT2D eigenvalue weighted by atomic mass is 10.0. The fourth-order valence-electron chi connectivity index (χ4n) is 4.22. The van der Waals surface area contributed by atoms with Crippen LogP contribution in [0.25, 0.3) is 0 Å². The second kappa shape index (κ2) is 10.00. The number of halogens is 1. The van der Waals surface area contributed by atoms with Crippen LogP contribution in [-0.4, -0.2) is 35.2 Å². The minimum absolute atomic E-state index is 0.115. The standard InChI is InChI=1S/C28H27FN2O3/c1-19(2)21-12-14-22(15-13-21)31-26(32)18-25(28(31)34)30(17-16-20-8-4-3-5-9-20)27(33)23-10-6-7-11-24(23)29/h3-15,19,25H,16-18H2,1-2H3. The molecular formula is C28H27FN2O3. The predicted molar refractivity (Wildman–Crippen MR) is 129 cm³/mol. The normalized spacial score (nSPS) is 15.8. The first-order chi connectivity index (χ1) is 16.4. The van der Waals surface area contributed by atoms with Crippen LogP contribution >= 0.6 is 0 Å². The highest BCUT2D eigenvalue weighted by molar-refractivity contribution is 6.23. The Morgan fingerprint density at radius 3 is 2.26 bits per heavy atom. The first-order valence-corrected chi connectivity index (χ1v) is 11.4. The van der Waals surface area contributed by atoms with Gasteiger partial charge >= 0.3 is 0 Å². The van der Waals surface area contributed by atoms with E-state index in [0.29, 0.717) is 18.0 Å². The third kappa shape index (κ3) is 4.76. The molecule has 0 radical (unpaired) electrons. The molecule has 1 heterocycles. The number of anilines is 1. The van der Waals surface area contributed by atoms with E-state index in [1.54, 1.807) is 18.2 Å². The minimum Gasteiger partial charge on any atom is -0.326 e. The number of hydrogen-bond donors (Lipinski definition) is 0. The van der Waals surface area contributed by atoms with Crippen molar-refractivity contribution >= 4 is 23.4 Å². The zero-order valence-electron chi connectivity index (χ0n) is 19.3. The van der Waals surface area contributed by atoms with Crippen LogP contribution in [0.4, 0.5) is 10.1 Å². The molecule has 1 fully saturated rings. The van der Waals surface area contributed by atoms with Crippen LogP contribution in [0.2, 0.25) is 0 Å². The van der Waals surface area contributed by atoms with Gasteiger partial charge in [0, 0.05) is 6.54 Å². The van der Waals surface area contributed by atoms with Gasteiger partial charge in [0.15, 0.2) is 0 Å².